The zero-order valence-electron chi connectivity index (χ0n) is 13.2. The van der Waals surface area contributed by atoms with Crippen molar-refractivity contribution in [3.63, 3.8) is 0 Å². The summed E-state index contributed by atoms with van der Waals surface area (Å²) in [5.74, 6) is 2.15. The molecule has 6 nitrogen and oxygen atoms in total. The Balaban J connectivity index is 1.66. The minimum absolute atomic E-state index is 0.227. The summed E-state index contributed by atoms with van der Waals surface area (Å²) in [6, 6.07) is 17.2. The lowest BCUT2D eigenvalue weighted by Crippen LogP contribution is -2.00. The van der Waals surface area contributed by atoms with Crippen LogP contribution in [-0.4, -0.2) is 17.1 Å². The van der Waals surface area contributed by atoms with Crippen LogP contribution < -0.4 is 19.9 Å². The first-order valence-electron chi connectivity index (χ1n) is 7.35. The van der Waals surface area contributed by atoms with E-state index in [0.717, 1.165) is 11.3 Å². The van der Waals surface area contributed by atoms with Gasteiger partial charge in [0.05, 0.1) is 7.11 Å². The monoisotopic (exact) mass is 323 g/mol. The highest BCUT2D eigenvalue weighted by Crippen LogP contribution is 2.32. The number of ether oxygens (including phenoxy) is 3. The average Bonchev–Trinajstić information content (AvgIpc) is 2.62. The van der Waals surface area contributed by atoms with E-state index in [1.165, 1.54) is 13.4 Å². The topological polar surface area (TPSA) is 79.5 Å². The second kappa shape index (κ2) is 7.32. The summed E-state index contributed by atoms with van der Waals surface area (Å²) >= 11 is 0. The van der Waals surface area contributed by atoms with E-state index in [9.17, 15) is 0 Å². The zero-order chi connectivity index (χ0) is 16.8. The average molecular weight is 323 g/mol. The van der Waals surface area contributed by atoms with Gasteiger partial charge in [-0.05, 0) is 29.8 Å². The van der Waals surface area contributed by atoms with Crippen LogP contribution in [0.15, 0.2) is 60.9 Å². The summed E-state index contributed by atoms with van der Waals surface area (Å²) in [6.07, 6.45) is 1.32. The predicted molar refractivity (Wildman–Crippen MR) is 90.3 cm³/mol. The van der Waals surface area contributed by atoms with E-state index in [1.807, 2.05) is 42.5 Å². The molecule has 0 radical (unpaired) electrons. The lowest BCUT2D eigenvalue weighted by atomic mass is 10.2. The molecule has 0 atom stereocenters. The summed E-state index contributed by atoms with van der Waals surface area (Å²) in [5, 5.41) is 0. The van der Waals surface area contributed by atoms with Crippen LogP contribution in [0.25, 0.3) is 0 Å². The smallest absolute Gasteiger partial charge is 0.268 e. The van der Waals surface area contributed by atoms with Crippen LogP contribution in [0.4, 0.5) is 5.82 Å². The highest BCUT2D eigenvalue weighted by Gasteiger charge is 2.11. The molecule has 24 heavy (non-hydrogen) atoms. The first-order chi connectivity index (χ1) is 11.8. The van der Waals surface area contributed by atoms with Gasteiger partial charge in [0, 0.05) is 0 Å². The molecular formula is C18H17N3O3. The van der Waals surface area contributed by atoms with Crippen LogP contribution in [0.3, 0.4) is 0 Å². The molecule has 1 aromatic heterocycles. The molecule has 122 valence electrons. The summed E-state index contributed by atoms with van der Waals surface area (Å²) in [4.78, 5) is 7.90. The molecule has 0 aliphatic carbocycles. The van der Waals surface area contributed by atoms with Crippen molar-refractivity contribution in [2.75, 3.05) is 12.8 Å². The first-order valence-corrected chi connectivity index (χ1v) is 7.35. The van der Waals surface area contributed by atoms with E-state index in [-0.39, 0.29) is 11.7 Å². The number of benzene rings is 2. The van der Waals surface area contributed by atoms with Crippen LogP contribution >= 0.6 is 0 Å². The van der Waals surface area contributed by atoms with Gasteiger partial charge in [0.1, 0.15) is 24.4 Å². The predicted octanol–water partition coefficient (Wildman–Crippen LogP) is 3.44. The number of hydrogen-bond donors (Lipinski definition) is 1. The van der Waals surface area contributed by atoms with Crippen molar-refractivity contribution in [3.05, 3.63) is 66.5 Å². The second-order valence-electron chi connectivity index (χ2n) is 4.95. The fraction of sp³-hybridized carbons (Fsp3) is 0.111. The molecule has 0 amide bonds. The van der Waals surface area contributed by atoms with Gasteiger partial charge in [0.25, 0.3) is 5.88 Å². The maximum atomic E-state index is 5.74. The number of nitrogens with two attached hydrogens (primary N) is 1. The van der Waals surface area contributed by atoms with E-state index in [2.05, 4.69) is 9.97 Å². The number of nitrogen functional groups attached to an aromatic ring is 1. The fourth-order valence-electron chi connectivity index (χ4n) is 2.09. The number of methoxy groups -OCH3 is 1. The Labute approximate surface area is 139 Å². The quantitative estimate of drug-likeness (QED) is 0.748. The van der Waals surface area contributed by atoms with Crippen LogP contribution in [0.5, 0.6) is 23.1 Å². The molecule has 3 rings (SSSR count). The highest BCUT2D eigenvalue weighted by atomic mass is 16.5. The molecule has 0 fully saturated rings. The van der Waals surface area contributed by atoms with E-state index in [1.54, 1.807) is 12.1 Å². The third-order valence-corrected chi connectivity index (χ3v) is 3.29. The van der Waals surface area contributed by atoms with Gasteiger partial charge in [-0.15, -0.1) is 0 Å². The van der Waals surface area contributed by atoms with Crippen molar-refractivity contribution in [1.29, 1.82) is 0 Å². The van der Waals surface area contributed by atoms with Crippen LogP contribution in [0, 0.1) is 0 Å². The molecular weight excluding hydrogens is 306 g/mol. The number of nitrogens with zero attached hydrogens (tertiary/aromatic N) is 2. The Bertz CT molecular complexity index is 792. The standard InChI is InChI=1S/C18H17N3O3/c1-22-16-17(19)20-12-21-18(16)24-15-9-7-14(8-10-15)23-11-13-5-3-2-4-6-13/h2-10,12H,11H2,1H3,(H2,19,20,21). The van der Waals surface area contributed by atoms with Gasteiger partial charge in [-0.25, -0.2) is 4.98 Å². The van der Waals surface area contributed by atoms with Gasteiger partial charge < -0.3 is 19.9 Å². The second-order valence-corrected chi connectivity index (χ2v) is 4.95. The van der Waals surface area contributed by atoms with Gasteiger partial charge in [-0.1, -0.05) is 30.3 Å². The lowest BCUT2D eigenvalue weighted by Gasteiger charge is -2.11. The minimum atomic E-state index is 0.227. The fourth-order valence-corrected chi connectivity index (χ4v) is 2.09. The Morgan fingerprint density at radius 1 is 0.917 bits per heavy atom. The molecule has 2 aromatic carbocycles. The van der Waals surface area contributed by atoms with Crippen LogP contribution in [0.1, 0.15) is 5.56 Å². The van der Waals surface area contributed by atoms with Crippen molar-refractivity contribution >= 4 is 5.82 Å². The lowest BCUT2D eigenvalue weighted by molar-refractivity contribution is 0.305. The molecule has 0 saturated carbocycles. The third-order valence-electron chi connectivity index (χ3n) is 3.29. The molecule has 6 heteroatoms. The normalized spacial score (nSPS) is 10.2. The number of aromatic nitrogens is 2. The van der Waals surface area contributed by atoms with Gasteiger partial charge in [-0.2, -0.15) is 4.98 Å². The molecule has 1 heterocycles. The minimum Gasteiger partial charge on any atom is -0.489 e. The third kappa shape index (κ3) is 3.73. The van der Waals surface area contributed by atoms with E-state index in [0.29, 0.717) is 18.1 Å². The maximum absolute atomic E-state index is 5.74. The molecule has 0 spiro atoms. The van der Waals surface area contributed by atoms with Crippen LogP contribution in [-0.2, 0) is 6.61 Å². The largest absolute Gasteiger partial charge is 0.489 e. The summed E-state index contributed by atoms with van der Waals surface area (Å²) in [7, 11) is 1.49. The first kappa shape index (κ1) is 15.6. The molecule has 0 saturated heterocycles. The Kier molecular flexibility index (Phi) is 4.76. The van der Waals surface area contributed by atoms with E-state index in [4.69, 9.17) is 19.9 Å². The summed E-state index contributed by atoms with van der Waals surface area (Å²) < 4.78 is 16.6. The SMILES string of the molecule is COc1c(N)ncnc1Oc1ccc(OCc2ccccc2)cc1. The number of hydrogen-bond acceptors (Lipinski definition) is 6. The Morgan fingerprint density at radius 2 is 1.62 bits per heavy atom. The summed E-state index contributed by atoms with van der Waals surface area (Å²) in [5.41, 5.74) is 6.84. The van der Waals surface area contributed by atoms with Crippen molar-refractivity contribution < 1.29 is 14.2 Å². The molecule has 3 aromatic rings. The maximum Gasteiger partial charge on any atom is 0.268 e. The van der Waals surface area contributed by atoms with Gasteiger partial charge in [-0.3, -0.25) is 0 Å². The molecule has 0 aliphatic rings. The van der Waals surface area contributed by atoms with Crippen molar-refractivity contribution in [2.24, 2.45) is 0 Å². The van der Waals surface area contributed by atoms with Gasteiger partial charge in [0.2, 0.25) is 5.75 Å². The van der Waals surface area contributed by atoms with Crippen molar-refractivity contribution in [1.82, 2.24) is 9.97 Å². The van der Waals surface area contributed by atoms with Gasteiger partial charge in [0.15, 0.2) is 5.82 Å². The van der Waals surface area contributed by atoms with Gasteiger partial charge >= 0.3 is 0 Å². The number of anilines is 1. The molecule has 0 bridgehead atoms. The Morgan fingerprint density at radius 3 is 2.33 bits per heavy atom. The van der Waals surface area contributed by atoms with Crippen molar-refractivity contribution in [3.8, 4) is 23.1 Å². The number of rotatable bonds is 6. The molecule has 0 aliphatic heterocycles. The molecule has 0 unspecified atom stereocenters. The Hall–Kier alpha value is -3.28. The van der Waals surface area contributed by atoms with Crippen molar-refractivity contribution in [2.45, 2.75) is 6.61 Å². The molecule has 2 N–H and O–H groups in total. The zero-order valence-corrected chi connectivity index (χ0v) is 13.2. The van der Waals surface area contributed by atoms with Crippen LogP contribution in [0.2, 0.25) is 0 Å². The van der Waals surface area contributed by atoms with E-state index < -0.39 is 0 Å². The van der Waals surface area contributed by atoms with E-state index >= 15 is 0 Å². The highest BCUT2D eigenvalue weighted by molar-refractivity contribution is 5.52. The summed E-state index contributed by atoms with van der Waals surface area (Å²) in [6.45, 7) is 0.511.